The van der Waals surface area contributed by atoms with Gasteiger partial charge >= 0.3 is 0 Å². The molecule has 51 heavy (non-hydrogen) atoms. The molecular weight excluding hydrogens is 651 g/mol. The molecule has 0 radical (unpaired) electrons. The minimum atomic E-state index is -0.227. The zero-order valence-electron chi connectivity index (χ0n) is 29.3. The molecule has 10 aromatic rings. The normalized spacial score (nSPS) is 12.9. The highest BCUT2D eigenvalue weighted by atomic mass is 32.1. The first kappa shape index (κ1) is 30.1. The van der Waals surface area contributed by atoms with Gasteiger partial charge in [0.05, 0.1) is 33.1 Å². The van der Waals surface area contributed by atoms with Crippen LogP contribution in [0.2, 0.25) is 0 Å². The predicted molar refractivity (Wildman–Crippen MR) is 208 cm³/mol. The molecule has 0 aliphatic carbocycles. The van der Waals surface area contributed by atoms with Crippen LogP contribution in [0.3, 0.4) is 0 Å². The molecule has 250 valence electrons. The Morgan fingerprint density at radius 3 is 2.25 bits per heavy atom. The Hall–Kier alpha value is -5.73. The maximum atomic E-state index is 6.93. The first-order valence-electron chi connectivity index (χ1n) is 17.3. The Labute approximate surface area is 298 Å². The smallest absolute Gasteiger partial charge is 0.229 e. The summed E-state index contributed by atoms with van der Waals surface area (Å²) < 4.78 is 19.9. The van der Waals surface area contributed by atoms with Crippen LogP contribution in [0, 0.1) is 0 Å². The molecule has 0 spiro atoms. The quantitative estimate of drug-likeness (QED) is 0.184. The molecule has 7 nitrogen and oxygen atoms in total. The number of ether oxygens (including phenoxy) is 1. The monoisotopic (exact) mass is 685 g/mol. The third kappa shape index (κ3) is 4.59. The number of hydrogen-bond acceptors (Lipinski definition) is 6. The van der Waals surface area contributed by atoms with Crippen LogP contribution in [0.15, 0.2) is 108 Å². The van der Waals surface area contributed by atoms with Gasteiger partial charge in [0.1, 0.15) is 17.2 Å². The first-order valence-corrected chi connectivity index (χ1v) is 18.1. The number of hydrogen-bond donors (Lipinski definition) is 0. The van der Waals surface area contributed by atoms with E-state index >= 15 is 0 Å². The van der Waals surface area contributed by atoms with Gasteiger partial charge in [-0.2, -0.15) is 4.98 Å². The van der Waals surface area contributed by atoms with Crippen molar-refractivity contribution in [2.75, 3.05) is 0 Å². The largest absolute Gasteiger partial charge is 0.439 e. The molecule has 8 heteroatoms. The molecule has 0 saturated heterocycles. The van der Waals surface area contributed by atoms with Gasteiger partial charge in [-0.15, -0.1) is 11.3 Å². The average Bonchev–Trinajstić information content (AvgIpc) is 3.85. The molecule has 0 aliphatic heterocycles. The molecule has 0 aliphatic rings. The molecule has 4 aromatic carbocycles. The summed E-state index contributed by atoms with van der Waals surface area (Å²) in [5, 5.41) is 2.27. The van der Waals surface area contributed by atoms with E-state index in [-0.39, 0.29) is 10.8 Å². The van der Waals surface area contributed by atoms with Crippen molar-refractivity contribution in [2.24, 2.45) is 0 Å². The molecule has 0 N–H and O–H groups in total. The highest BCUT2D eigenvalue weighted by Crippen LogP contribution is 2.44. The molecule has 0 unspecified atom stereocenters. The van der Waals surface area contributed by atoms with E-state index in [1.807, 2.05) is 18.2 Å². The van der Waals surface area contributed by atoms with Crippen LogP contribution < -0.4 is 4.74 Å². The fourth-order valence-electron chi connectivity index (χ4n) is 7.31. The van der Waals surface area contributed by atoms with Gasteiger partial charge in [-0.1, -0.05) is 71.9 Å². The Kier molecular flexibility index (Phi) is 6.14. The summed E-state index contributed by atoms with van der Waals surface area (Å²) in [7, 11) is 0. The van der Waals surface area contributed by atoms with Crippen LogP contribution in [0.5, 0.6) is 11.6 Å². The Morgan fingerprint density at radius 2 is 1.45 bits per heavy atom. The highest BCUT2D eigenvalue weighted by Gasteiger charge is 2.26. The van der Waals surface area contributed by atoms with E-state index in [1.54, 1.807) is 11.3 Å². The second-order valence-electron chi connectivity index (χ2n) is 15.4. The van der Waals surface area contributed by atoms with Crippen LogP contribution in [-0.4, -0.2) is 23.9 Å². The van der Waals surface area contributed by atoms with Crippen molar-refractivity contribution in [3.8, 4) is 28.7 Å². The lowest BCUT2D eigenvalue weighted by molar-refractivity contribution is 0.434. The molecule has 10 rings (SSSR count). The molecular formula is C43H35N5O2S. The number of rotatable bonds is 4. The van der Waals surface area contributed by atoms with Crippen LogP contribution in [0.25, 0.3) is 76.4 Å². The van der Waals surface area contributed by atoms with Crippen molar-refractivity contribution in [2.45, 2.75) is 52.4 Å². The topological polar surface area (TPSA) is 70.4 Å². The highest BCUT2D eigenvalue weighted by molar-refractivity contribution is 7.26. The van der Waals surface area contributed by atoms with Gasteiger partial charge < -0.3 is 9.15 Å². The van der Waals surface area contributed by atoms with Crippen molar-refractivity contribution in [1.82, 2.24) is 23.9 Å². The second-order valence-corrected chi connectivity index (χ2v) is 16.5. The summed E-state index contributed by atoms with van der Waals surface area (Å²) >= 11 is 1.78. The van der Waals surface area contributed by atoms with E-state index in [9.17, 15) is 0 Å². The fraction of sp³-hybridized carbons (Fsp3) is 0.186. The molecule has 0 bridgehead atoms. The lowest BCUT2D eigenvalue weighted by Gasteiger charge is -2.24. The number of para-hydroxylation sites is 4. The summed E-state index contributed by atoms with van der Waals surface area (Å²) in [5.41, 5.74) is 9.23. The Bertz CT molecular complexity index is 2920. The lowest BCUT2D eigenvalue weighted by atomic mass is 9.85. The zero-order chi connectivity index (χ0) is 34.8. The predicted octanol–water partition coefficient (Wildman–Crippen LogP) is 11.8. The van der Waals surface area contributed by atoms with Crippen molar-refractivity contribution in [3.63, 3.8) is 0 Å². The Balaban J connectivity index is 1.15. The lowest BCUT2D eigenvalue weighted by Crippen LogP contribution is -2.15. The van der Waals surface area contributed by atoms with Crippen molar-refractivity contribution >= 4 is 70.7 Å². The van der Waals surface area contributed by atoms with Crippen LogP contribution in [0.1, 0.15) is 52.7 Å². The molecule has 0 saturated carbocycles. The van der Waals surface area contributed by atoms with Gasteiger partial charge in [-0.05, 0) is 89.2 Å². The molecule has 0 fully saturated rings. The van der Waals surface area contributed by atoms with Gasteiger partial charge in [0.15, 0.2) is 0 Å². The van der Waals surface area contributed by atoms with E-state index in [2.05, 4.69) is 135 Å². The minimum absolute atomic E-state index is 0.142. The summed E-state index contributed by atoms with van der Waals surface area (Å²) in [6.45, 7) is 13.2. The van der Waals surface area contributed by atoms with Crippen molar-refractivity contribution < 1.29 is 9.15 Å². The van der Waals surface area contributed by atoms with Gasteiger partial charge in [-0.25, -0.2) is 9.97 Å². The Morgan fingerprint density at radius 1 is 0.667 bits per heavy atom. The second kappa shape index (κ2) is 10.4. The summed E-state index contributed by atoms with van der Waals surface area (Å²) in [6.07, 6.45) is 0. The SMILES string of the molecule is CC(C)(C)c1cc(Oc2nc(-n3c4ccccc4n4c5ccccc5nc34)ccc2C(C)(C)C)cc(-c2cc3sc4cccc5oc(n2)c3c54)c1. The molecule has 6 aromatic heterocycles. The van der Waals surface area contributed by atoms with Gasteiger partial charge in [-0.3, -0.25) is 8.97 Å². The van der Waals surface area contributed by atoms with E-state index in [1.165, 1.54) is 9.40 Å². The van der Waals surface area contributed by atoms with E-state index in [4.69, 9.17) is 24.1 Å². The maximum Gasteiger partial charge on any atom is 0.229 e. The number of nitrogens with zero attached hydrogens (tertiary/aromatic N) is 5. The number of thiophene rings is 1. The first-order chi connectivity index (χ1) is 24.5. The van der Waals surface area contributed by atoms with E-state index < -0.39 is 0 Å². The van der Waals surface area contributed by atoms with Crippen molar-refractivity contribution in [1.29, 1.82) is 0 Å². The molecule has 0 atom stereocenters. The van der Waals surface area contributed by atoms with Gasteiger partial charge in [0.2, 0.25) is 17.4 Å². The van der Waals surface area contributed by atoms with Crippen molar-refractivity contribution in [3.05, 3.63) is 114 Å². The van der Waals surface area contributed by atoms with Crippen LogP contribution in [0.4, 0.5) is 0 Å². The summed E-state index contributed by atoms with van der Waals surface area (Å²) in [5.74, 6) is 2.81. The van der Waals surface area contributed by atoms with Gasteiger partial charge in [0.25, 0.3) is 0 Å². The van der Waals surface area contributed by atoms with E-state index in [0.29, 0.717) is 17.3 Å². The van der Waals surface area contributed by atoms with Crippen LogP contribution in [-0.2, 0) is 10.8 Å². The number of aromatic nitrogens is 5. The maximum absolute atomic E-state index is 6.93. The molecule has 6 heterocycles. The fourth-order valence-corrected chi connectivity index (χ4v) is 8.46. The van der Waals surface area contributed by atoms with Gasteiger partial charge in [0, 0.05) is 25.9 Å². The third-order valence-corrected chi connectivity index (χ3v) is 11.0. The number of benzene rings is 4. The third-order valence-electron chi connectivity index (χ3n) is 9.89. The van der Waals surface area contributed by atoms with Crippen LogP contribution >= 0.6 is 11.3 Å². The summed E-state index contributed by atoms with van der Waals surface area (Å²) in [4.78, 5) is 15.4. The average molecular weight is 686 g/mol. The van der Waals surface area contributed by atoms with E-state index in [0.717, 1.165) is 72.4 Å². The number of fused-ring (bicyclic) bond motifs is 5. The molecule has 0 amide bonds. The number of imidazole rings is 2. The number of furan rings is 1. The standard InChI is InChI=1S/C43H35N5O2S/c1-42(2,3)25-20-24(29-23-35-38-37-33(50-40(38)44-29)16-11-17-34(37)51-35)21-26(22-25)49-39-27(43(4,5)6)18-19-36(46-39)48-32-15-10-9-14-31(32)47-30-13-8-7-12-28(30)45-41(47)48/h7-23H,1-6H3. The zero-order valence-corrected chi connectivity index (χ0v) is 30.1. The number of pyridine rings is 2. The minimum Gasteiger partial charge on any atom is -0.439 e. The summed E-state index contributed by atoms with van der Waals surface area (Å²) in [6, 6.07) is 35.7.